The second kappa shape index (κ2) is 8.71. The summed E-state index contributed by atoms with van der Waals surface area (Å²) in [5.74, 6) is -0.178. The summed E-state index contributed by atoms with van der Waals surface area (Å²) in [5, 5.41) is 0. The van der Waals surface area contributed by atoms with Gasteiger partial charge in [0.25, 0.3) is 0 Å². The minimum absolute atomic E-state index is 0.136. The maximum Gasteiger partial charge on any atom is 0.245 e. The van der Waals surface area contributed by atoms with Crippen LogP contribution in [-0.2, 0) is 14.8 Å². The van der Waals surface area contributed by atoms with Crippen molar-refractivity contribution in [1.82, 2.24) is 14.5 Å². The van der Waals surface area contributed by atoms with Gasteiger partial charge < -0.3 is 4.90 Å². The number of hydrogen-bond acceptors (Lipinski definition) is 4. The maximum absolute atomic E-state index is 13.4. The number of nitrogens with one attached hydrogen (secondary N) is 1. The van der Waals surface area contributed by atoms with Gasteiger partial charge in [0, 0.05) is 19.1 Å². The molecule has 1 N–H and O–H groups in total. The molecular formula is C20H31N3O3S. The standard InChI is InChI=1S/C20H31N3O3S/c1-22(17-12-6-7-13-18(17)23-14-8-9-15-23)20(24)19(21-27(2,25)26)16-10-4-3-5-11-16/h3-5,10-11,17-19,21H,6-9,12-15H2,1-2H3/t17-,18-,19?/m1/s1. The van der Waals surface area contributed by atoms with E-state index in [-0.39, 0.29) is 11.9 Å². The number of nitrogens with zero attached hydrogens (tertiary/aromatic N) is 2. The Morgan fingerprint density at radius 2 is 1.74 bits per heavy atom. The summed E-state index contributed by atoms with van der Waals surface area (Å²) in [7, 11) is -1.68. The summed E-state index contributed by atoms with van der Waals surface area (Å²) in [6.45, 7) is 2.21. The Morgan fingerprint density at radius 1 is 1.11 bits per heavy atom. The molecule has 1 aliphatic heterocycles. The van der Waals surface area contributed by atoms with E-state index in [1.165, 1.54) is 19.3 Å². The molecule has 1 aromatic rings. The fraction of sp³-hybridized carbons (Fsp3) is 0.650. The largest absolute Gasteiger partial charge is 0.340 e. The van der Waals surface area contributed by atoms with Crippen LogP contribution in [0.3, 0.4) is 0 Å². The molecule has 3 atom stereocenters. The van der Waals surface area contributed by atoms with Crippen LogP contribution in [0.4, 0.5) is 0 Å². The van der Waals surface area contributed by atoms with Crippen LogP contribution in [0.15, 0.2) is 30.3 Å². The van der Waals surface area contributed by atoms with Gasteiger partial charge in [-0.1, -0.05) is 43.2 Å². The van der Waals surface area contributed by atoms with Crippen LogP contribution in [0, 0.1) is 0 Å². The monoisotopic (exact) mass is 393 g/mol. The van der Waals surface area contributed by atoms with Gasteiger partial charge >= 0.3 is 0 Å². The molecule has 6 nitrogen and oxygen atoms in total. The molecule has 7 heteroatoms. The van der Waals surface area contributed by atoms with Crippen molar-refractivity contribution in [2.45, 2.75) is 56.7 Å². The first-order chi connectivity index (χ1) is 12.9. The van der Waals surface area contributed by atoms with E-state index in [1.54, 1.807) is 17.0 Å². The van der Waals surface area contributed by atoms with Crippen LogP contribution in [0.5, 0.6) is 0 Å². The van der Waals surface area contributed by atoms with E-state index in [1.807, 2.05) is 25.2 Å². The SMILES string of the molecule is CN(C(=O)C(NS(C)(=O)=O)c1ccccc1)[C@@H]1CCCC[C@H]1N1CCCC1. The second-order valence-electron chi connectivity index (χ2n) is 7.85. The number of likely N-dealkylation sites (N-methyl/N-ethyl adjacent to an activating group) is 1. The molecule has 150 valence electrons. The third-order valence-corrected chi connectivity index (χ3v) is 6.52. The van der Waals surface area contributed by atoms with Crippen LogP contribution in [0.1, 0.15) is 50.1 Å². The van der Waals surface area contributed by atoms with E-state index in [4.69, 9.17) is 0 Å². The second-order valence-corrected chi connectivity index (χ2v) is 9.63. The zero-order valence-corrected chi connectivity index (χ0v) is 17.1. The molecule has 1 aromatic carbocycles. The highest BCUT2D eigenvalue weighted by atomic mass is 32.2. The zero-order chi connectivity index (χ0) is 19.4. The van der Waals surface area contributed by atoms with Gasteiger partial charge in [-0.05, 0) is 44.3 Å². The third kappa shape index (κ3) is 5.09. The van der Waals surface area contributed by atoms with E-state index in [0.717, 1.165) is 38.6 Å². The lowest BCUT2D eigenvalue weighted by Gasteiger charge is -2.43. The molecule has 0 radical (unpaired) electrons. The molecule has 0 bridgehead atoms. The van der Waals surface area contributed by atoms with Gasteiger partial charge in [0.2, 0.25) is 15.9 Å². The lowest BCUT2D eigenvalue weighted by atomic mass is 9.88. The van der Waals surface area contributed by atoms with Gasteiger partial charge in [-0.2, -0.15) is 4.72 Å². The molecule has 1 saturated carbocycles. The molecule has 2 fully saturated rings. The van der Waals surface area contributed by atoms with Gasteiger partial charge in [0.05, 0.1) is 6.26 Å². The Labute approximate surface area is 163 Å². The zero-order valence-electron chi connectivity index (χ0n) is 16.3. The molecule has 27 heavy (non-hydrogen) atoms. The molecule has 1 aliphatic carbocycles. The molecule has 0 aromatic heterocycles. The normalized spacial score (nSPS) is 25.3. The molecule has 3 rings (SSSR count). The van der Waals surface area contributed by atoms with E-state index in [9.17, 15) is 13.2 Å². The van der Waals surface area contributed by atoms with Gasteiger partial charge in [-0.25, -0.2) is 8.42 Å². The van der Waals surface area contributed by atoms with Crippen molar-refractivity contribution in [2.24, 2.45) is 0 Å². The maximum atomic E-state index is 13.4. The lowest BCUT2D eigenvalue weighted by Crippen LogP contribution is -2.55. The number of carbonyl (C=O) groups excluding carboxylic acids is 1. The first-order valence-electron chi connectivity index (χ1n) is 9.90. The number of likely N-dealkylation sites (tertiary alicyclic amines) is 1. The van der Waals surface area contributed by atoms with Crippen molar-refractivity contribution in [1.29, 1.82) is 0 Å². The molecule has 2 aliphatic rings. The van der Waals surface area contributed by atoms with Gasteiger partial charge in [-0.15, -0.1) is 0 Å². The highest BCUT2D eigenvalue weighted by molar-refractivity contribution is 7.88. The fourth-order valence-corrected chi connectivity index (χ4v) is 5.20. The molecule has 1 heterocycles. The van der Waals surface area contributed by atoms with E-state index >= 15 is 0 Å². The Balaban J connectivity index is 1.83. The van der Waals surface area contributed by atoms with Crippen molar-refractivity contribution < 1.29 is 13.2 Å². The van der Waals surface area contributed by atoms with Crippen molar-refractivity contribution in [3.8, 4) is 0 Å². The number of amides is 1. The summed E-state index contributed by atoms with van der Waals surface area (Å²) in [6.07, 6.45) is 7.95. The molecule has 1 unspecified atom stereocenters. The fourth-order valence-electron chi connectivity index (χ4n) is 4.53. The minimum atomic E-state index is -3.52. The Hall–Kier alpha value is -1.44. The molecule has 0 spiro atoms. The third-order valence-electron chi connectivity index (χ3n) is 5.86. The average Bonchev–Trinajstić information content (AvgIpc) is 3.19. The van der Waals surface area contributed by atoms with Crippen molar-refractivity contribution in [3.05, 3.63) is 35.9 Å². The first-order valence-corrected chi connectivity index (χ1v) is 11.8. The highest BCUT2D eigenvalue weighted by Gasteiger charge is 2.38. The molecule has 1 saturated heterocycles. The topological polar surface area (TPSA) is 69.7 Å². The summed E-state index contributed by atoms with van der Waals surface area (Å²) >= 11 is 0. The van der Waals surface area contributed by atoms with Gasteiger partial charge in [0.1, 0.15) is 6.04 Å². The molecule has 1 amide bonds. The van der Waals surface area contributed by atoms with E-state index in [2.05, 4.69) is 9.62 Å². The summed E-state index contributed by atoms with van der Waals surface area (Å²) in [4.78, 5) is 17.7. The molecular weight excluding hydrogens is 362 g/mol. The number of rotatable bonds is 6. The number of hydrogen-bond donors (Lipinski definition) is 1. The highest BCUT2D eigenvalue weighted by Crippen LogP contribution is 2.30. The quantitative estimate of drug-likeness (QED) is 0.804. The Morgan fingerprint density at radius 3 is 2.37 bits per heavy atom. The predicted octanol–water partition coefficient (Wildman–Crippen LogP) is 2.14. The van der Waals surface area contributed by atoms with Crippen molar-refractivity contribution in [2.75, 3.05) is 26.4 Å². The van der Waals surface area contributed by atoms with Crippen LogP contribution >= 0.6 is 0 Å². The van der Waals surface area contributed by atoms with Crippen LogP contribution in [0.25, 0.3) is 0 Å². The summed E-state index contributed by atoms with van der Waals surface area (Å²) < 4.78 is 26.3. The summed E-state index contributed by atoms with van der Waals surface area (Å²) in [6, 6.07) is 8.75. The Bertz CT molecular complexity index is 732. The predicted molar refractivity (Wildman–Crippen MR) is 107 cm³/mol. The number of benzene rings is 1. The van der Waals surface area contributed by atoms with Crippen LogP contribution in [-0.4, -0.2) is 62.6 Å². The first kappa shape index (κ1) is 20.3. The smallest absolute Gasteiger partial charge is 0.245 e. The number of carbonyl (C=O) groups is 1. The van der Waals surface area contributed by atoms with Crippen molar-refractivity contribution in [3.63, 3.8) is 0 Å². The van der Waals surface area contributed by atoms with Crippen LogP contribution < -0.4 is 4.72 Å². The van der Waals surface area contributed by atoms with Crippen LogP contribution in [0.2, 0.25) is 0 Å². The number of sulfonamides is 1. The summed E-state index contributed by atoms with van der Waals surface area (Å²) in [5.41, 5.74) is 0.674. The average molecular weight is 394 g/mol. The lowest BCUT2D eigenvalue weighted by molar-refractivity contribution is -0.136. The van der Waals surface area contributed by atoms with Gasteiger partial charge in [0.15, 0.2) is 0 Å². The minimum Gasteiger partial charge on any atom is -0.340 e. The Kier molecular flexibility index (Phi) is 6.55. The van der Waals surface area contributed by atoms with E-state index in [0.29, 0.717) is 11.6 Å². The van der Waals surface area contributed by atoms with E-state index < -0.39 is 16.1 Å². The van der Waals surface area contributed by atoms with Gasteiger partial charge in [-0.3, -0.25) is 9.69 Å². The van der Waals surface area contributed by atoms with Crippen molar-refractivity contribution >= 4 is 15.9 Å².